The quantitative estimate of drug-likeness (QED) is 0.846. The van der Waals surface area contributed by atoms with Crippen LogP contribution in [0.2, 0.25) is 0 Å². The molecule has 0 radical (unpaired) electrons. The average molecular weight is 239 g/mol. The van der Waals surface area contributed by atoms with Crippen molar-refractivity contribution in [3.63, 3.8) is 0 Å². The van der Waals surface area contributed by atoms with E-state index in [0.717, 1.165) is 5.56 Å². The first-order valence-electron chi connectivity index (χ1n) is 5.97. The molecule has 0 fully saturated rings. The first kappa shape index (κ1) is 14.1. The zero-order valence-corrected chi connectivity index (χ0v) is 11.0. The van der Waals surface area contributed by atoms with Crippen molar-refractivity contribution in [1.29, 1.82) is 0 Å². The Morgan fingerprint density at radius 2 is 1.76 bits per heavy atom. The first-order chi connectivity index (χ1) is 7.80. The van der Waals surface area contributed by atoms with Gasteiger partial charge in [0.1, 0.15) is 5.82 Å². The Labute approximate surface area is 103 Å². The van der Waals surface area contributed by atoms with Crippen LogP contribution in [0.3, 0.4) is 0 Å². The molecule has 0 heterocycles. The van der Waals surface area contributed by atoms with Crippen LogP contribution in [0.5, 0.6) is 0 Å². The van der Waals surface area contributed by atoms with Crippen molar-refractivity contribution in [2.24, 2.45) is 5.41 Å². The highest BCUT2D eigenvalue weighted by molar-refractivity contribution is 5.19. The Bertz CT molecular complexity index is 342. The minimum atomic E-state index is -0.398. The average Bonchev–Trinajstić information content (AvgIpc) is 2.25. The molecule has 2 nitrogen and oxygen atoms in total. The van der Waals surface area contributed by atoms with Crippen molar-refractivity contribution in [1.82, 2.24) is 5.32 Å². The van der Waals surface area contributed by atoms with E-state index < -0.39 is 6.10 Å². The molecule has 2 atom stereocenters. The molecule has 0 saturated carbocycles. The number of aliphatic hydroxyl groups excluding tert-OH is 1. The van der Waals surface area contributed by atoms with Crippen LogP contribution in [0.15, 0.2) is 24.3 Å². The molecule has 0 aromatic heterocycles. The van der Waals surface area contributed by atoms with E-state index in [4.69, 9.17) is 0 Å². The van der Waals surface area contributed by atoms with Gasteiger partial charge in [-0.1, -0.05) is 32.9 Å². The third kappa shape index (κ3) is 4.44. The third-order valence-corrected chi connectivity index (χ3v) is 2.99. The molecule has 0 aliphatic rings. The van der Waals surface area contributed by atoms with Gasteiger partial charge in [0.05, 0.1) is 6.10 Å². The number of hydrogen-bond acceptors (Lipinski definition) is 2. The third-order valence-electron chi connectivity index (χ3n) is 2.99. The monoisotopic (exact) mass is 239 g/mol. The highest BCUT2D eigenvalue weighted by atomic mass is 19.1. The molecular weight excluding hydrogens is 217 g/mol. The molecule has 2 unspecified atom stereocenters. The second-order valence-electron chi connectivity index (χ2n) is 5.56. The molecule has 1 rings (SSSR count). The summed E-state index contributed by atoms with van der Waals surface area (Å²) in [6, 6.07) is 6.53. The molecule has 0 amide bonds. The second-order valence-corrected chi connectivity index (χ2v) is 5.56. The summed E-state index contributed by atoms with van der Waals surface area (Å²) in [5, 5.41) is 13.2. The van der Waals surface area contributed by atoms with Crippen molar-refractivity contribution in [3.8, 4) is 0 Å². The minimum absolute atomic E-state index is 0.104. The van der Waals surface area contributed by atoms with Crippen LogP contribution in [-0.2, 0) is 0 Å². The molecule has 0 spiro atoms. The summed E-state index contributed by atoms with van der Waals surface area (Å²) in [6.45, 7) is 8.54. The van der Waals surface area contributed by atoms with Crippen LogP contribution in [0.4, 0.5) is 4.39 Å². The molecule has 96 valence electrons. The highest BCUT2D eigenvalue weighted by Crippen LogP contribution is 2.19. The fourth-order valence-electron chi connectivity index (χ4n) is 1.46. The molecule has 17 heavy (non-hydrogen) atoms. The largest absolute Gasteiger partial charge is 0.391 e. The normalized spacial score (nSPS) is 15.6. The van der Waals surface area contributed by atoms with Gasteiger partial charge in [0.25, 0.3) is 0 Å². The molecule has 0 aliphatic heterocycles. The Morgan fingerprint density at radius 1 is 1.24 bits per heavy atom. The summed E-state index contributed by atoms with van der Waals surface area (Å²) in [4.78, 5) is 0. The van der Waals surface area contributed by atoms with Crippen LogP contribution < -0.4 is 5.32 Å². The molecule has 2 N–H and O–H groups in total. The fourth-order valence-corrected chi connectivity index (χ4v) is 1.46. The molecule has 0 bridgehead atoms. The Hall–Kier alpha value is -0.930. The zero-order valence-electron chi connectivity index (χ0n) is 11.0. The number of rotatable bonds is 4. The minimum Gasteiger partial charge on any atom is -0.391 e. The van der Waals surface area contributed by atoms with Gasteiger partial charge in [-0.15, -0.1) is 0 Å². The van der Waals surface area contributed by atoms with Crippen molar-refractivity contribution in [3.05, 3.63) is 35.6 Å². The van der Waals surface area contributed by atoms with E-state index in [1.807, 2.05) is 27.7 Å². The van der Waals surface area contributed by atoms with Crippen molar-refractivity contribution >= 4 is 0 Å². The maximum absolute atomic E-state index is 12.8. The Balaban J connectivity index is 2.50. The van der Waals surface area contributed by atoms with Gasteiger partial charge in [0.2, 0.25) is 0 Å². The number of nitrogens with one attached hydrogen (secondary N) is 1. The summed E-state index contributed by atoms with van der Waals surface area (Å²) in [5.74, 6) is -0.226. The van der Waals surface area contributed by atoms with Gasteiger partial charge in [-0.2, -0.15) is 0 Å². The molecule has 1 aromatic carbocycles. The van der Waals surface area contributed by atoms with Crippen LogP contribution in [0, 0.1) is 11.2 Å². The van der Waals surface area contributed by atoms with Gasteiger partial charge in [0.15, 0.2) is 0 Å². The van der Waals surface area contributed by atoms with Crippen molar-refractivity contribution < 1.29 is 9.50 Å². The summed E-state index contributed by atoms with van der Waals surface area (Å²) < 4.78 is 12.8. The van der Waals surface area contributed by atoms with Gasteiger partial charge in [-0.25, -0.2) is 4.39 Å². The number of aliphatic hydroxyl groups is 1. The zero-order chi connectivity index (χ0) is 13.1. The Morgan fingerprint density at radius 3 is 2.24 bits per heavy atom. The molecule has 3 heteroatoms. The van der Waals surface area contributed by atoms with Crippen LogP contribution >= 0.6 is 0 Å². The van der Waals surface area contributed by atoms with E-state index in [1.54, 1.807) is 12.1 Å². The van der Waals surface area contributed by atoms with E-state index in [0.29, 0.717) is 6.54 Å². The maximum atomic E-state index is 12.8. The SMILES string of the molecule is CC(NCC(O)C(C)(C)C)c1ccc(F)cc1. The van der Waals surface area contributed by atoms with E-state index in [1.165, 1.54) is 12.1 Å². The number of halogens is 1. The first-order valence-corrected chi connectivity index (χ1v) is 5.97. The van der Waals surface area contributed by atoms with Gasteiger partial charge in [-0.05, 0) is 30.0 Å². The lowest BCUT2D eigenvalue weighted by molar-refractivity contribution is 0.0609. The topological polar surface area (TPSA) is 32.3 Å². The van der Waals surface area contributed by atoms with Gasteiger partial charge in [0, 0.05) is 12.6 Å². The van der Waals surface area contributed by atoms with E-state index in [2.05, 4.69) is 5.32 Å². The Kier molecular flexibility index (Phi) is 4.66. The summed E-state index contributed by atoms with van der Waals surface area (Å²) in [6.07, 6.45) is -0.398. The van der Waals surface area contributed by atoms with E-state index >= 15 is 0 Å². The fraction of sp³-hybridized carbons (Fsp3) is 0.571. The predicted octanol–water partition coefficient (Wildman–Crippen LogP) is 2.88. The van der Waals surface area contributed by atoms with Gasteiger partial charge < -0.3 is 10.4 Å². The molecule has 1 aromatic rings. The lowest BCUT2D eigenvalue weighted by Gasteiger charge is -2.27. The molecule has 0 saturated heterocycles. The lowest BCUT2D eigenvalue weighted by atomic mass is 9.89. The van der Waals surface area contributed by atoms with Gasteiger partial charge >= 0.3 is 0 Å². The molecular formula is C14H22FNO. The molecule has 0 aliphatic carbocycles. The summed E-state index contributed by atoms with van der Waals surface area (Å²) >= 11 is 0. The smallest absolute Gasteiger partial charge is 0.123 e. The van der Waals surface area contributed by atoms with Gasteiger partial charge in [-0.3, -0.25) is 0 Å². The second kappa shape index (κ2) is 5.61. The van der Waals surface area contributed by atoms with Crippen LogP contribution in [0.1, 0.15) is 39.3 Å². The summed E-state index contributed by atoms with van der Waals surface area (Å²) in [7, 11) is 0. The number of benzene rings is 1. The van der Waals surface area contributed by atoms with Crippen LogP contribution in [-0.4, -0.2) is 17.8 Å². The predicted molar refractivity (Wildman–Crippen MR) is 68.3 cm³/mol. The summed E-state index contributed by atoms with van der Waals surface area (Å²) in [5.41, 5.74) is 0.891. The van der Waals surface area contributed by atoms with Crippen molar-refractivity contribution in [2.75, 3.05) is 6.54 Å². The highest BCUT2D eigenvalue weighted by Gasteiger charge is 2.22. The lowest BCUT2D eigenvalue weighted by Crippen LogP contribution is -2.37. The van der Waals surface area contributed by atoms with Crippen molar-refractivity contribution in [2.45, 2.75) is 39.8 Å². The van der Waals surface area contributed by atoms with Crippen LogP contribution in [0.25, 0.3) is 0 Å². The van der Waals surface area contributed by atoms with E-state index in [9.17, 15) is 9.50 Å². The van der Waals surface area contributed by atoms with E-state index in [-0.39, 0.29) is 17.3 Å². The maximum Gasteiger partial charge on any atom is 0.123 e. The number of hydrogen-bond donors (Lipinski definition) is 2. The standard InChI is InChI=1S/C14H22FNO/c1-10(11-5-7-12(15)8-6-11)16-9-13(17)14(2,3)4/h5-8,10,13,16-17H,9H2,1-4H3.